The largest absolute Gasteiger partial charge is 0.352 e. The van der Waals surface area contributed by atoms with Crippen molar-refractivity contribution in [2.24, 2.45) is 0 Å². The SMILES string of the molecule is CCOC(CN1CCN(C(C)C)CC1)OCC. The lowest BCUT2D eigenvalue weighted by atomic mass is 10.2. The number of hydrogen-bond donors (Lipinski definition) is 0. The van der Waals surface area contributed by atoms with Crippen LogP contribution in [-0.4, -0.2) is 68.1 Å². The summed E-state index contributed by atoms with van der Waals surface area (Å²) in [6.07, 6.45) is -0.0596. The molecule has 1 heterocycles. The maximum Gasteiger partial charge on any atom is 0.170 e. The smallest absolute Gasteiger partial charge is 0.170 e. The molecule has 4 heteroatoms. The molecule has 0 spiro atoms. The molecule has 0 saturated carbocycles. The Labute approximate surface area is 106 Å². The molecular formula is C13H28N2O2. The Morgan fingerprint density at radius 2 is 1.47 bits per heavy atom. The minimum atomic E-state index is -0.0596. The minimum absolute atomic E-state index is 0.0596. The summed E-state index contributed by atoms with van der Waals surface area (Å²) < 4.78 is 11.2. The summed E-state index contributed by atoms with van der Waals surface area (Å²) in [6, 6.07) is 0.659. The maximum absolute atomic E-state index is 5.58. The number of nitrogens with zero attached hydrogens (tertiary/aromatic N) is 2. The highest BCUT2D eigenvalue weighted by Crippen LogP contribution is 2.08. The molecule has 1 fully saturated rings. The second-order valence-electron chi connectivity index (χ2n) is 4.77. The first-order chi connectivity index (χ1) is 8.17. The van der Waals surface area contributed by atoms with E-state index in [1.54, 1.807) is 0 Å². The molecule has 4 nitrogen and oxygen atoms in total. The lowest BCUT2D eigenvalue weighted by molar-refractivity contribution is -0.149. The van der Waals surface area contributed by atoms with Crippen molar-refractivity contribution in [3.05, 3.63) is 0 Å². The van der Waals surface area contributed by atoms with E-state index in [-0.39, 0.29) is 6.29 Å². The van der Waals surface area contributed by atoms with Gasteiger partial charge in [0, 0.05) is 52.0 Å². The normalized spacial score (nSPS) is 19.4. The van der Waals surface area contributed by atoms with Crippen molar-refractivity contribution >= 4 is 0 Å². The first-order valence-corrected chi connectivity index (χ1v) is 6.87. The predicted molar refractivity (Wildman–Crippen MR) is 70.2 cm³/mol. The lowest BCUT2D eigenvalue weighted by Crippen LogP contribution is -2.51. The molecule has 0 radical (unpaired) electrons. The van der Waals surface area contributed by atoms with Crippen molar-refractivity contribution in [3.63, 3.8) is 0 Å². The summed E-state index contributed by atoms with van der Waals surface area (Å²) in [7, 11) is 0. The molecule has 0 aromatic heterocycles. The Balaban J connectivity index is 2.27. The van der Waals surface area contributed by atoms with Gasteiger partial charge in [0.25, 0.3) is 0 Å². The van der Waals surface area contributed by atoms with Gasteiger partial charge in [-0.25, -0.2) is 0 Å². The highest BCUT2D eigenvalue weighted by Gasteiger charge is 2.21. The number of ether oxygens (including phenoxy) is 2. The van der Waals surface area contributed by atoms with E-state index in [0.29, 0.717) is 6.04 Å². The Morgan fingerprint density at radius 1 is 0.941 bits per heavy atom. The number of hydrogen-bond acceptors (Lipinski definition) is 4. The molecule has 1 rings (SSSR count). The van der Waals surface area contributed by atoms with Gasteiger partial charge < -0.3 is 9.47 Å². The summed E-state index contributed by atoms with van der Waals surface area (Å²) in [5, 5.41) is 0. The standard InChI is InChI=1S/C13H28N2O2/c1-5-16-13(17-6-2)11-14-7-9-15(10-8-14)12(3)4/h12-13H,5-11H2,1-4H3. The van der Waals surface area contributed by atoms with Crippen LogP contribution in [0.5, 0.6) is 0 Å². The third kappa shape index (κ3) is 5.34. The summed E-state index contributed by atoms with van der Waals surface area (Å²) in [6.45, 7) is 15.4. The summed E-state index contributed by atoms with van der Waals surface area (Å²) >= 11 is 0. The van der Waals surface area contributed by atoms with Crippen molar-refractivity contribution in [2.75, 3.05) is 45.9 Å². The fourth-order valence-corrected chi connectivity index (χ4v) is 2.20. The average Bonchev–Trinajstić information content (AvgIpc) is 2.30. The zero-order chi connectivity index (χ0) is 12.7. The van der Waals surface area contributed by atoms with Crippen LogP contribution < -0.4 is 0 Å². The molecule has 102 valence electrons. The summed E-state index contributed by atoms with van der Waals surface area (Å²) in [4.78, 5) is 4.96. The molecule has 0 bridgehead atoms. The lowest BCUT2D eigenvalue weighted by Gasteiger charge is -2.38. The third-order valence-corrected chi connectivity index (χ3v) is 3.25. The van der Waals surface area contributed by atoms with E-state index in [9.17, 15) is 0 Å². The van der Waals surface area contributed by atoms with Gasteiger partial charge in [-0.05, 0) is 27.7 Å². The van der Waals surface area contributed by atoms with Crippen LogP contribution in [0.1, 0.15) is 27.7 Å². The molecule has 0 aromatic rings. The van der Waals surface area contributed by atoms with Gasteiger partial charge in [-0.15, -0.1) is 0 Å². The molecule has 1 aliphatic heterocycles. The number of rotatable bonds is 7. The molecule has 0 unspecified atom stereocenters. The fourth-order valence-electron chi connectivity index (χ4n) is 2.20. The topological polar surface area (TPSA) is 24.9 Å². The Morgan fingerprint density at radius 3 is 1.88 bits per heavy atom. The van der Waals surface area contributed by atoms with Gasteiger partial charge in [-0.1, -0.05) is 0 Å². The zero-order valence-electron chi connectivity index (χ0n) is 11.8. The van der Waals surface area contributed by atoms with Crippen LogP contribution in [0, 0.1) is 0 Å². The molecule has 0 aromatic carbocycles. The van der Waals surface area contributed by atoms with E-state index >= 15 is 0 Å². The van der Waals surface area contributed by atoms with Crippen LogP contribution in [0.3, 0.4) is 0 Å². The molecular weight excluding hydrogens is 216 g/mol. The highest BCUT2D eigenvalue weighted by atomic mass is 16.7. The van der Waals surface area contributed by atoms with E-state index in [0.717, 1.165) is 45.9 Å². The van der Waals surface area contributed by atoms with E-state index < -0.39 is 0 Å². The molecule has 0 amide bonds. The van der Waals surface area contributed by atoms with Crippen LogP contribution in [0.15, 0.2) is 0 Å². The molecule has 0 atom stereocenters. The van der Waals surface area contributed by atoms with Crippen LogP contribution in [0.4, 0.5) is 0 Å². The van der Waals surface area contributed by atoms with E-state index in [4.69, 9.17) is 9.47 Å². The quantitative estimate of drug-likeness (QED) is 0.632. The van der Waals surface area contributed by atoms with Gasteiger partial charge in [0.05, 0.1) is 0 Å². The first-order valence-electron chi connectivity index (χ1n) is 6.87. The van der Waals surface area contributed by atoms with Gasteiger partial charge in [0.2, 0.25) is 0 Å². The average molecular weight is 244 g/mol. The summed E-state index contributed by atoms with van der Waals surface area (Å²) in [5.74, 6) is 0. The molecule has 1 aliphatic rings. The van der Waals surface area contributed by atoms with E-state index in [1.165, 1.54) is 0 Å². The zero-order valence-corrected chi connectivity index (χ0v) is 11.8. The van der Waals surface area contributed by atoms with Crippen molar-refractivity contribution in [3.8, 4) is 0 Å². The van der Waals surface area contributed by atoms with Gasteiger partial charge in [0.1, 0.15) is 0 Å². The number of piperazine rings is 1. The van der Waals surface area contributed by atoms with Gasteiger partial charge in [-0.3, -0.25) is 9.80 Å². The highest BCUT2D eigenvalue weighted by molar-refractivity contribution is 4.74. The second kappa shape index (κ2) is 8.03. The Kier molecular flexibility index (Phi) is 7.04. The molecule has 1 saturated heterocycles. The monoisotopic (exact) mass is 244 g/mol. The Bertz CT molecular complexity index is 186. The van der Waals surface area contributed by atoms with Crippen molar-refractivity contribution in [1.29, 1.82) is 0 Å². The molecule has 0 N–H and O–H groups in total. The van der Waals surface area contributed by atoms with Crippen LogP contribution >= 0.6 is 0 Å². The Hall–Kier alpha value is -0.160. The second-order valence-corrected chi connectivity index (χ2v) is 4.77. The van der Waals surface area contributed by atoms with Gasteiger partial charge >= 0.3 is 0 Å². The predicted octanol–water partition coefficient (Wildman–Crippen LogP) is 1.41. The van der Waals surface area contributed by atoms with Crippen molar-refractivity contribution in [2.45, 2.75) is 40.0 Å². The van der Waals surface area contributed by atoms with Crippen LogP contribution in [0.25, 0.3) is 0 Å². The van der Waals surface area contributed by atoms with Gasteiger partial charge in [0.15, 0.2) is 6.29 Å². The molecule has 17 heavy (non-hydrogen) atoms. The van der Waals surface area contributed by atoms with Crippen LogP contribution in [-0.2, 0) is 9.47 Å². The van der Waals surface area contributed by atoms with Gasteiger partial charge in [-0.2, -0.15) is 0 Å². The maximum atomic E-state index is 5.58. The third-order valence-electron chi connectivity index (χ3n) is 3.25. The van der Waals surface area contributed by atoms with Crippen LogP contribution in [0.2, 0.25) is 0 Å². The fraction of sp³-hybridized carbons (Fsp3) is 1.00. The molecule has 0 aliphatic carbocycles. The minimum Gasteiger partial charge on any atom is -0.352 e. The van der Waals surface area contributed by atoms with E-state index in [2.05, 4.69) is 23.6 Å². The van der Waals surface area contributed by atoms with Crippen molar-refractivity contribution < 1.29 is 9.47 Å². The van der Waals surface area contributed by atoms with Crippen molar-refractivity contribution in [1.82, 2.24) is 9.80 Å². The first kappa shape index (κ1) is 14.9. The van der Waals surface area contributed by atoms with E-state index in [1.807, 2.05) is 13.8 Å². The summed E-state index contributed by atoms with van der Waals surface area (Å²) in [5.41, 5.74) is 0.